The van der Waals surface area contributed by atoms with Gasteiger partial charge in [-0.1, -0.05) is 31.5 Å². The molecule has 15 heavy (non-hydrogen) atoms. The fraction of sp³-hybridized carbons (Fsp3) is 0.333. The summed E-state index contributed by atoms with van der Waals surface area (Å²) < 4.78 is 0. The first-order chi connectivity index (χ1) is 7.04. The number of aliphatic hydroxyl groups is 1. The first-order valence-corrected chi connectivity index (χ1v) is 5.30. The molecule has 2 nitrogen and oxygen atoms in total. The summed E-state index contributed by atoms with van der Waals surface area (Å²) in [6, 6.07) is 6.05. The van der Waals surface area contributed by atoms with E-state index in [0.717, 1.165) is 21.5 Å². The summed E-state index contributed by atoms with van der Waals surface area (Å²) in [5.41, 5.74) is 1.89. The molecule has 2 N–H and O–H groups in total. The molecule has 0 aliphatic heterocycles. The van der Waals surface area contributed by atoms with Crippen molar-refractivity contribution in [3.8, 4) is 0 Å². The fourth-order valence-electron chi connectivity index (χ4n) is 1.60. The lowest BCUT2D eigenvalue weighted by atomic mass is 9.85. The number of benzene rings is 1. The van der Waals surface area contributed by atoms with Crippen molar-refractivity contribution in [1.29, 1.82) is 0 Å². The van der Waals surface area contributed by atoms with E-state index in [1.165, 1.54) is 0 Å². The third kappa shape index (κ3) is 1.75. The van der Waals surface area contributed by atoms with E-state index in [2.05, 4.69) is 4.98 Å². The Hall–Kier alpha value is -0.990. The Balaban J connectivity index is 2.59. The van der Waals surface area contributed by atoms with Crippen LogP contribution in [-0.2, 0) is 5.41 Å². The molecule has 0 saturated heterocycles. The molecule has 2 rings (SSSR count). The van der Waals surface area contributed by atoms with E-state index in [1.54, 1.807) is 6.20 Å². The van der Waals surface area contributed by atoms with Gasteiger partial charge in [0.2, 0.25) is 0 Å². The van der Waals surface area contributed by atoms with E-state index in [9.17, 15) is 5.11 Å². The molecule has 3 heteroatoms. The number of rotatable bonds is 2. The highest BCUT2D eigenvalue weighted by Crippen LogP contribution is 2.29. The largest absolute Gasteiger partial charge is 0.395 e. The van der Waals surface area contributed by atoms with E-state index in [0.29, 0.717) is 0 Å². The predicted molar refractivity (Wildman–Crippen MR) is 63.4 cm³/mol. The second-order valence-electron chi connectivity index (χ2n) is 4.44. The number of aliphatic hydroxyl groups excluding tert-OH is 1. The monoisotopic (exact) mass is 223 g/mol. The molecule has 0 fully saturated rings. The lowest BCUT2D eigenvalue weighted by Gasteiger charge is -2.22. The molecule has 0 aliphatic carbocycles. The maximum absolute atomic E-state index is 9.30. The summed E-state index contributed by atoms with van der Waals surface area (Å²) in [4.78, 5) is 3.09. The molecule has 0 bridgehead atoms. The first kappa shape index (κ1) is 10.5. The molecule has 0 unspecified atom stereocenters. The second kappa shape index (κ2) is 3.54. The Labute approximate surface area is 93.9 Å². The van der Waals surface area contributed by atoms with E-state index >= 15 is 0 Å². The van der Waals surface area contributed by atoms with Crippen LogP contribution in [0.3, 0.4) is 0 Å². The van der Waals surface area contributed by atoms with E-state index in [1.807, 2.05) is 32.0 Å². The molecule has 0 radical (unpaired) electrons. The Morgan fingerprint density at radius 2 is 2.13 bits per heavy atom. The number of aromatic nitrogens is 1. The molecule has 0 amide bonds. The molecule has 0 atom stereocenters. The van der Waals surface area contributed by atoms with Crippen molar-refractivity contribution in [3.63, 3.8) is 0 Å². The number of halogens is 1. The van der Waals surface area contributed by atoms with Crippen molar-refractivity contribution in [3.05, 3.63) is 35.0 Å². The summed E-state index contributed by atoms with van der Waals surface area (Å²) in [5, 5.41) is 11.0. The van der Waals surface area contributed by atoms with Gasteiger partial charge < -0.3 is 10.1 Å². The van der Waals surface area contributed by atoms with Gasteiger partial charge in [-0.25, -0.2) is 0 Å². The number of hydrogen-bond acceptors (Lipinski definition) is 1. The number of H-pyrrole nitrogens is 1. The quantitative estimate of drug-likeness (QED) is 0.807. The van der Waals surface area contributed by atoms with E-state index < -0.39 is 0 Å². The molecular weight excluding hydrogens is 210 g/mol. The summed E-state index contributed by atoms with van der Waals surface area (Å²) in [6.07, 6.45) is 1.78. The minimum atomic E-state index is -0.227. The van der Waals surface area contributed by atoms with Crippen LogP contribution in [0.25, 0.3) is 10.9 Å². The van der Waals surface area contributed by atoms with Crippen LogP contribution >= 0.6 is 11.6 Å². The van der Waals surface area contributed by atoms with Gasteiger partial charge in [0, 0.05) is 22.5 Å². The van der Waals surface area contributed by atoms with Crippen LogP contribution in [0.1, 0.15) is 19.4 Å². The van der Waals surface area contributed by atoms with Crippen molar-refractivity contribution >= 4 is 22.5 Å². The predicted octanol–water partition coefficient (Wildman–Crippen LogP) is 3.09. The zero-order chi connectivity index (χ0) is 11.1. The van der Waals surface area contributed by atoms with Gasteiger partial charge in [0.05, 0.1) is 11.6 Å². The maximum atomic E-state index is 9.30. The third-order valence-corrected chi connectivity index (χ3v) is 3.12. The van der Waals surface area contributed by atoms with Crippen LogP contribution in [0.5, 0.6) is 0 Å². The topological polar surface area (TPSA) is 36.0 Å². The molecule has 0 spiro atoms. The van der Waals surface area contributed by atoms with Crippen molar-refractivity contribution in [2.45, 2.75) is 19.3 Å². The van der Waals surface area contributed by atoms with E-state index in [4.69, 9.17) is 11.6 Å². The molecule has 1 heterocycles. The smallest absolute Gasteiger partial charge is 0.0659 e. The van der Waals surface area contributed by atoms with Gasteiger partial charge in [0.25, 0.3) is 0 Å². The minimum Gasteiger partial charge on any atom is -0.395 e. The molecule has 1 aromatic carbocycles. The molecule has 0 saturated carbocycles. The summed E-state index contributed by atoms with van der Waals surface area (Å²) >= 11 is 6.04. The Bertz CT molecular complexity index is 487. The maximum Gasteiger partial charge on any atom is 0.0659 e. The lowest BCUT2D eigenvalue weighted by Crippen LogP contribution is -2.21. The van der Waals surface area contributed by atoms with Gasteiger partial charge in [0.1, 0.15) is 0 Å². The van der Waals surface area contributed by atoms with Gasteiger partial charge in [-0.3, -0.25) is 0 Å². The number of nitrogens with one attached hydrogen (secondary N) is 1. The zero-order valence-corrected chi connectivity index (χ0v) is 9.60. The van der Waals surface area contributed by atoms with Gasteiger partial charge in [0.15, 0.2) is 0 Å². The van der Waals surface area contributed by atoms with Crippen LogP contribution in [0.2, 0.25) is 5.02 Å². The van der Waals surface area contributed by atoms with Crippen molar-refractivity contribution in [2.75, 3.05) is 6.61 Å². The first-order valence-electron chi connectivity index (χ1n) is 4.92. The Morgan fingerprint density at radius 3 is 2.80 bits per heavy atom. The Kier molecular flexibility index (Phi) is 2.49. The van der Waals surface area contributed by atoms with E-state index in [-0.39, 0.29) is 12.0 Å². The molecule has 1 aromatic heterocycles. The molecular formula is C12H14ClNO. The highest BCUT2D eigenvalue weighted by Gasteiger charge is 2.19. The van der Waals surface area contributed by atoms with Crippen LogP contribution in [0.15, 0.2) is 24.4 Å². The van der Waals surface area contributed by atoms with Gasteiger partial charge >= 0.3 is 0 Å². The average Bonchev–Trinajstić information content (AvgIpc) is 2.60. The SMILES string of the molecule is CC(C)(CO)c1ccc2[nH]cc(Cl)c2c1. The van der Waals surface area contributed by atoms with Gasteiger partial charge in [-0.2, -0.15) is 0 Å². The molecule has 80 valence electrons. The van der Waals surface area contributed by atoms with Crippen molar-refractivity contribution < 1.29 is 5.11 Å². The number of fused-ring (bicyclic) bond motifs is 1. The molecule has 0 aliphatic rings. The van der Waals surface area contributed by atoms with Crippen molar-refractivity contribution in [1.82, 2.24) is 4.98 Å². The Morgan fingerprint density at radius 1 is 1.40 bits per heavy atom. The highest BCUT2D eigenvalue weighted by molar-refractivity contribution is 6.35. The van der Waals surface area contributed by atoms with Gasteiger partial charge in [-0.05, 0) is 17.7 Å². The number of hydrogen-bond donors (Lipinski definition) is 2. The fourth-order valence-corrected chi connectivity index (χ4v) is 1.81. The molecule has 2 aromatic rings. The van der Waals surface area contributed by atoms with Crippen LogP contribution in [0.4, 0.5) is 0 Å². The highest BCUT2D eigenvalue weighted by atomic mass is 35.5. The van der Waals surface area contributed by atoms with Crippen LogP contribution in [-0.4, -0.2) is 16.7 Å². The normalized spacial score (nSPS) is 12.3. The van der Waals surface area contributed by atoms with Gasteiger partial charge in [-0.15, -0.1) is 0 Å². The standard InChI is InChI=1S/C12H14ClNO/c1-12(2,7-15)8-3-4-11-9(5-8)10(13)6-14-11/h3-6,14-15H,7H2,1-2H3. The third-order valence-electron chi connectivity index (χ3n) is 2.81. The average molecular weight is 224 g/mol. The zero-order valence-electron chi connectivity index (χ0n) is 8.84. The van der Waals surface area contributed by atoms with Crippen molar-refractivity contribution in [2.24, 2.45) is 0 Å². The second-order valence-corrected chi connectivity index (χ2v) is 4.85. The minimum absolute atomic E-state index is 0.126. The lowest BCUT2D eigenvalue weighted by molar-refractivity contribution is 0.218. The summed E-state index contributed by atoms with van der Waals surface area (Å²) in [6.45, 7) is 4.14. The van der Waals surface area contributed by atoms with Crippen LogP contribution in [0, 0.1) is 0 Å². The van der Waals surface area contributed by atoms with Crippen LogP contribution < -0.4 is 0 Å². The number of aromatic amines is 1. The summed E-state index contributed by atoms with van der Waals surface area (Å²) in [7, 11) is 0. The summed E-state index contributed by atoms with van der Waals surface area (Å²) in [5.74, 6) is 0.